The van der Waals surface area contributed by atoms with Crippen molar-refractivity contribution in [2.75, 3.05) is 32.8 Å². The van der Waals surface area contributed by atoms with Gasteiger partial charge in [0.05, 0.1) is 41.8 Å². The summed E-state index contributed by atoms with van der Waals surface area (Å²) in [5.74, 6) is 0. The second kappa shape index (κ2) is 8.08. The molecule has 1 aromatic carbocycles. The second-order valence-electron chi connectivity index (χ2n) is 6.38. The van der Waals surface area contributed by atoms with Gasteiger partial charge in [-0.25, -0.2) is 4.52 Å². The summed E-state index contributed by atoms with van der Waals surface area (Å²) < 4.78 is 12.6. The largest absolute Gasteiger partial charge is 0.382 e. The van der Waals surface area contributed by atoms with Gasteiger partial charge in [-0.05, 0) is 43.7 Å². The van der Waals surface area contributed by atoms with Crippen LogP contribution in [0.3, 0.4) is 0 Å². The van der Waals surface area contributed by atoms with Crippen LogP contribution in [0.5, 0.6) is 0 Å². The van der Waals surface area contributed by atoms with Crippen LogP contribution in [0.25, 0.3) is 16.8 Å². The Labute approximate surface area is 158 Å². The summed E-state index contributed by atoms with van der Waals surface area (Å²) in [4.78, 5) is 0. The van der Waals surface area contributed by atoms with Crippen LogP contribution in [0, 0.1) is 13.8 Å². The Kier molecular flexibility index (Phi) is 5.81. The van der Waals surface area contributed by atoms with E-state index in [9.17, 15) is 0 Å². The minimum absolute atomic E-state index is 0.0534. The molecule has 0 saturated heterocycles. The highest BCUT2D eigenvalue weighted by molar-refractivity contribution is 6.30. The van der Waals surface area contributed by atoms with Gasteiger partial charge in [0.25, 0.3) is 0 Å². The fourth-order valence-electron chi connectivity index (χ4n) is 3.22. The second-order valence-corrected chi connectivity index (χ2v) is 6.82. The van der Waals surface area contributed by atoms with E-state index < -0.39 is 0 Å². The summed E-state index contributed by atoms with van der Waals surface area (Å²) in [5, 5.41) is 9.02. The van der Waals surface area contributed by atoms with Gasteiger partial charge in [0, 0.05) is 24.8 Å². The first-order valence-corrected chi connectivity index (χ1v) is 8.92. The zero-order valence-corrected chi connectivity index (χ0v) is 16.3. The number of methoxy groups -OCH3 is 2. The number of ether oxygens (including phenoxy) is 2. The van der Waals surface area contributed by atoms with Crippen LogP contribution in [0.15, 0.2) is 36.4 Å². The molecule has 0 unspecified atom stereocenters. The van der Waals surface area contributed by atoms with Crippen LogP contribution >= 0.6 is 11.6 Å². The van der Waals surface area contributed by atoms with Crippen molar-refractivity contribution < 1.29 is 9.47 Å². The minimum Gasteiger partial charge on any atom is -0.382 e. The van der Waals surface area contributed by atoms with Gasteiger partial charge in [-0.3, -0.25) is 0 Å². The van der Waals surface area contributed by atoms with Gasteiger partial charge in [-0.15, -0.1) is 0 Å². The summed E-state index contributed by atoms with van der Waals surface area (Å²) in [6, 6.07) is 12.2. The predicted octanol–water partition coefficient (Wildman–Crippen LogP) is 4.34. The molecule has 2 aromatic heterocycles. The van der Waals surface area contributed by atoms with Crippen molar-refractivity contribution in [1.29, 1.82) is 0 Å². The summed E-state index contributed by atoms with van der Waals surface area (Å²) in [6.07, 6.45) is 0. The van der Waals surface area contributed by atoms with E-state index in [2.05, 4.69) is 24.4 Å². The van der Waals surface area contributed by atoms with E-state index in [0.717, 1.165) is 38.7 Å². The van der Waals surface area contributed by atoms with Gasteiger partial charge < -0.3 is 14.8 Å². The molecule has 5 nitrogen and oxygen atoms in total. The summed E-state index contributed by atoms with van der Waals surface area (Å²) >= 11 is 6.11. The molecule has 26 heavy (non-hydrogen) atoms. The number of anilines is 1. The van der Waals surface area contributed by atoms with Crippen LogP contribution in [-0.2, 0) is 9.47 Å². The van der Waals surface area contributed by atoms with Crippen LogP contribution in [-0.4, -0.2) is 43.1 Å². The highest BCUT2D eigenvalue weighted by atomic mass is 35.5. The number of aromatic nitrogens is 2. The quantitative estimate of drug-likeness (QED) is 0.669. The number of rotatable bonds is 7. The van der Waals surface area contributed by atoms with Crippen molar-refractivity contribution in [1.82, 2.24) is 9.61 Å². The van der Waals surface area contributed by atoms with Crippen LogP contribution in [0.1, 0.15) is 11.3 Å². The molecule has 0 aliphatic rings. The first-order valence-electron chi connectivity index (χ1n) is 8.54. The smallest absolute Gasteiger partial charge is 0.0903 e. The molecule has 0 saturated carbocycles. The molecule has 138 valence electrons. The molecule has 0 bridgehead atoms. The topological polar surface area (TPSA) is 47.8 Å². The van der Waals surface area contributed by atoms with Crippen molar-refractivity contribution in [2.24, 2.45) is 0 Å². The van der Waals surface area contributed by atoms with Crippen molar-refractivity contribution in [3.63, 3.8) is 0 Å². The normalized spacial score (nSPS) is 11.5. The molecule has 0 radical (unpaired) electrons. The Morgan fingerprint density at radius 2 is 1.85 bits per heavy atom. The summed E-state index contributed by atoms with van der Waals surface area (Å²) in [6.45, 7) is 5.18. The van der Waals surface area contributed by atoms with E-state index >= 15 is 0 Å². The van der Waals surface area contributed by atoms with E-state index in [4.69, 9.17) is 26.2 Å². The van der Waals surface area contributed by atoms with Crippen LogP contribution < -0.4 is 5.32 Å². The van der Waals surface area contributed by atoms with E-state index in [1.54, 1.807) is 14.2 Å². The molecular weight excluding hydrogens is 350 g/mol. The number of halogens is 1. The lowest BCUT2D eigenvalue weighted by Crippen LogP contribution is -2.29. The Hall–Kier alpha value is -2.08. The van der Waals surface area contributed by atoms with Gasteiger partial charge in [-0.2, -0.15) is 5.10 Å². The van der Waals surface area contributed by atoms with E-state index in [1.807, 2.05) is 35.7 Å². The maximum Gasteiger partial charge on any atom is 0.0903 e. The fourth-order valence-corrected chi connectivity index (χ4v) is 3.45. The monoisotopic (exact) mass is 373 g/mol. The molecule has 0 amide bonds. The van der Waals surface area contributed by atoms with Crippen molar-refractivity contribution in [3.05, 3.63) is 52.7 Å². The Bertz CT molecular complexity index is 901. The lowest BCUT2D eigenvalue weighted by molar-refractivity contribution is 0.126. The third-order valence-electron chi connectivity index (χ3n) is 4.38. The molecule has 0 aliphatic carbocycles. The maximum absolute atomic E-state index is 6.11. The Balaban J connectivity index is 2.07. The number of fused-ring (bicyclic) bond motifs is 1. The number of hydrogen-bond acceptors (Lipinski definition) is 4. The molecule has 3 aromatic rings. The van der Waals surface area contributed by atoms with Crippen molar-refractivity contribution >= 4 is 22.8 Å². The Morgan fingerprint density at radius 1 is 1.12 bits per heavy atom. The number of nitrogens with zero attached hydrogens (tertiary/aromatic N) is 2. The number of benzene rings is 1. The fraction of sp³-hybridized carbons (Fsp3) is 0.350. The molecule has 0 fully saturated rings. The van der Waals surface area contributed by atoms with Gasteiger partial charge in [-0.1, -0.05) is 23.7 Å². The molecular formula is C20H24ClN3O2. The molecule has 0 atom stereocenters. The first-order chi connectivity index (χ1) is 12.5. The van der Waals surface area contributed by atoms with Gasteiger partial charge in [0.15, 0.2) is 0 Å². The molecule has 3 rings (SSSR count). The highest BCUT2D eigenvalue weighted by Gasteiger charge is 2.17. The van der Waals surface area contributed by atoms with E-state index in [1.165, 1.54) is 0 Å². The van der Waals surface area contributed by atoms with E-state index in [0.29, 0.717) is 13.2 Å². The van der Waals surface area contributed by atoms with E-state index in [-0.39, 0.29) is 6.04 Å². The zero-order valence-electron chi connectivity index (χ0n) is 15.5. The minimum atomic E-state index is 0.0534. The predicted molar refractivity (Wildman–Crippen MR) is 106 cm³/mol. The average molecular weight is 374 g/mol. The Morgan fingerprint density at radius 3 is 2.50 bits per heavy atom. The number of aryl methyl sites for hydroxylation is 2. The third-order valence-corrected chi connectivity index (χ3v) is 4.62. The van der Waals surface area contributed by atoms with Crippen LogP contribution in [0.4, 0.5) is 5.69 Å². The number of hydrogen-bond donors (Lipinski definition) is 1. The average Bonchev–Trinajstić information content (AvgIpc) is 2.91. The van der Waals surface area contributed by atoms with Crippen LogP contribution in [0.2, 0.25) is 5.02 Å². The third kappa shape index (κ3) is 3.70. The van der Waals surface area contributed by atoms with Crippen molar-refractivity contribution in [3.8, 4) is 11.3 Å². The number of nitrogens with one attached hydrogen (secondary N) is 1. The molecule has 0 spiro atoms. The van der Waals surface area contributed by atoms with Gasteiger partial charge >= 0.3 is 0 Å². The number of pyridine rings is 1. The lowest BCUT2D eigenvalue weighted by atomic mass is 10.1. The summed E-state index contributed by atoms with van der Waals surface area (Å²) in [7, 11) is 3.38. The molecule has 2 heterocycles. The molecule has 0 aliphatic heterocycles. The standard InChI is InChI=1S/C20H24ClN3O2/c1-13-10-15(21)8-9-17(13)18-6-5-7-19-20(14(2)23-24(18)19)22-16(11-25-3)12-26-4/h5-10,16,22H,11-12H2,1-4H3. The SMILES string of the molecule is COCC(COC)Nc1c(C)nn2c(-c3ccc(Cl)cc3C)cccc12. The molecule has 6 heteroatoms. The summed E-state index contributed by atoms with van der Waals surface area (Å²) in [5.41, 5.74) is 6.21. The first kappa shape index (κ1) is 18.7. The van der Waals surface area contributed by atoms with Crippen molar-refractivity contribution in [2.45, 2.75) is 19.9 Å². The molecule has 1 N–H and O–H groups in total. The lowest BCUT2D eigenvalue weighted by Gasteiger charge is -2.18. The highest BCUT2D eigenvalue weighted by Crippen LogP contribution is 2.30. The van der Waals surface area contributed by atoms with Gasteiger partial charge in [0.1, 0.15) is 0 Å². The zero-order chi connectivity index (χ0) is 18.7. The van der Waals surface area contributed by atoms with Gasteiger partial charge in [0.2, 0.25) is 0 Å². The maximum atomic E-state index is 6.11.